The SMILES string of the molecule is O=C(Cn1cnc([N+](=O)[O-])n1)NN=Cc1ccccc1O. The van der Waals surface area contributed by atoms with E-state index in [-0.39, 0.29) is 12.3 Å². The van der Waals surface area contributed by atoms with Crippen LogP contribution in [0.5, 0.6) is 5.75 Å². The first-order valence-corrected chi connectivity index (χ1v) is 5.70. The summed E-state index contributed by atoms with van der Waals surface area (Å²) in [5.41, 5.74) is 2.65. The number of hydrogen-bond donors (Lipinski definition) is 2. The first-order valence-electron chi connectivity index (χ1n) is 5.70. The van der Waals surface area contributed by atoms with E-state index in [9.17, 15) is 20.0 Å². The molecule has 2 N–H and O–H groups in total. The van der Waals surface area contributed by atoms with E-state index in [1.165, 1.54) is 12.3 Å². The van der Waals surface area contributed by atoms with Crippen LogP contribution in [0.25, 0.3) is 0 Å². The maximum absolute atomic E-state index is 11.5. The van der Waals surface area contributed by atoms with E-state index in [1.54, 1.807) is 18.2 Å². The monoisotopic (exact) mass is 290 g/mol. The number of para-hydroxylation sites is 1. The van der Waals surface area contributed by atoms with Crippen LogP contribution in [0.1, 0.15) is 5.56 Å². The number of hydrogen-bond acceptors (Lipinski definition) is 7. The Morgan fingerprint density at radius 3 is 2.95 bits per heavy atom. The van der Waals surface area contributed by atoms with Gasteiger partial charge in [-0.2, -0.15) is 9.78 Å². The van der Waals surface area contributed by atoms with E-state index >= 15 is 0 Å². The van der Waals surface area contributed by atoms with Gasteiger partial charge in [0, 0.05) is 10.7 Å². The number of carbonyl (C=O) groups is 1. The molecule has 21 heavy (non-hydrogen) atoms. The second kappa shape index (κ2) is 6.23. The molecule has 10 nitrogen and oxygen atoms in total. The minimum absolute atomic E-state index is 0.0300. The molecule has 0 fully saturated rings. The van der Waals surface area contributed by atoms with Crippen LogP contribution in [-0.4, -0.2) is 36.9 Å². The molecular weight excluding hydrogens is 280 g/mol. The zero-order chi connectivity index (χ0) is 15.2. The summed E-state index contributed by atoms with van der Waals surface area (Å²) < 4.78 is 1.02. The molecule has 108 valence electrons. The molecule has 1 aromatic heterocycles. The standard InChI is InChI=1S/C11H10N6O4/c18-9-4-2-1-3-8(9)5-13-14-10(19)6-16-7-12-11(15-16)17(20)21/h1-5,7,18H,6H2,(H,14,19). The third-order valence-electron chi connectivity index (χ3n) is 2.32. The zero-order valence-corrected chi connectivity index (χ0v) is 10.6. The van der Waals surface area contributed by atoms with Gasteiger partial charge in [-0.1, -0.05) is 17.1 Å². The van der Waals surface area contributed by atoms with Gasteiger partial charge in [0.25, 0.3) is 5.91 Å². The van der Waals surface area contributed by atoms with E-state index in [1.807, 2.05) is 0 Å². The number of rotatable bonds is 5. The van der Waals surface area contributed by atoms with E-state index in [0.717, 1.165) is 11.0 Å². The lowest BCUT2D eigenvalue weighted by atomic mass is 10.2. The number of benzene rings is 1. The molecule has 0 saturated heterocycles. The van der Waals surface area contributed by atoms with Crippen LogP contribution in [0.2, 0.25) is 0 Å². The molecule has 0 saturated carbocycles. The summed E-state index contributed by atoms with van der Waals surface area (Å²) >= 11 is 0. The fourth-order valence-electron chi connectivity index (χ4n) is 1.40. The van der Waals surface area contributed by atoms with Gasteiger partial charge in [-0.25, -0.2) is 5.43 Å². The van der Waals surface area contributed by atoms with E-state index in [0.29, 0.717) is 5.56 Å². The number of phenols is 1. The van der Waals surface area contributed by atoms with Crippen LogP contribution in [-0.2, 0) is 11.3 Å². The van der Waals surface area contributed by atoms with Gasteiger partial charge >= 0.3 is 5.95 Å². The molecule has 0 atom stereocenters. The Hall–Kier alpha value is -3.30. The minimum atomic E-state index is -0.759. The molecule has 1 amide bonds. The van der Waals surface area contributed by atoms with Gasteiger partial charge < -0.3 is 15.2 Å². The van der Waals surface area contributed by atoms with Crippen molar-refractivity contribution in [2.24, 2.45) is 5.10 Å². The van der Waals surface area contributed by atoms with Crippen LogP contribution < -0.4 is 5.43 Å². The topological polar surface area (TPSA) is 136 Å². The van der Waals surface area contributed by atoms with Gasteiger partial charge in [0.1, 0.15) is 12.3 Å². The summed E-state index contributed by atoms with van der Waals surface area (Å²) in [5, 5.41) is 27.0. The summed E-state index contributed by atoms with van der Waals surface area (Å²) in [6.07, 6.45) is 2.35. The number of hydrazone groups is 1. The van der Waals surface area contributed by atoms with E-state index in [4.69, 9.17) is 0 Å². The highest BCUT2D eigenvalue weighted by atomic mass is 16.6. The van der Waals surface area contributed by atoms with Crippen molar-refractivity contribution in [1.29, 1.82) is 0 Å². The Labute approximate surface area is 117 Å². The number of aromatic hydroxyl groups is 1. The Balaban J connectivity index is 1.90. The van der Waals surface area contributed by atoms with Gasteiger partial charge in [0.15, 0.2) is 0 Å². The molecule has 1 heterocycles. The van der Waals surface area contributed by atoms with Crippen molar-refractivity contribution in [2.75, 3.05) is 0 Å². The van der Waals surface area contributed by atoms with Crippen LogP contribution in [0.3, 0.4) is 0 Å². The molecule has 0 bridgehead atoms. The highest BCUT2D eigenvalue weighted by Crippen LogP contribution is 2.12. The van der Waals surface area contributed by atoms with E-state index < -0.39 is 16.8 Å². The molecule has 10 heteroatoms. The summed E-state index contributed by atoms with van der Waals surface area (Å²) in [7, 11) is 0. The quantitative estimate of drug-likeness (QED) is 0.453. The smallest absolute Gasteiger partial charge is 0.490 e. The summed E-state index contributed by atoms with van der Waals surface area (Å²) in [6, 6.07) is 6.46. The molecule has 2 aromatic rings. The lowest BCUT2D eigenvalue weighted by molar-refractivity contribution is -0.394. The van der Waals surface area contributed by atoms with Gasteiger partial charge in [-0.05, 0) is 17.1 Å². The summed E-state index contributed by atoms with van der Waals surface area (Å²) in [4.78, 5) is 24.6. The third-order valence-corrected chi connectivity index (χ3v) is 2.32. The Morgan fingerprint density at radius 2 is 2.29 bits per heavy atom. The number of nitro groups is 1. The predicted octanol–water partition coefficient (Wildman–Crippen LogP) is 0.0422. The molecule has 2 rings (SSSR count). The summed E-state index contributed by atoms with van der Waals surface area (Å²) in [6.45, 7) is -0.265. The number of aromatic nitrogens is 3. The second-order valence-corrected chi connectivity index (χ2v) is 3.85. The normalized spacial score (nSPS) is 10.7. The minimum Gasteiger partial charge on any atom is -0.507 e. The number of phenolic OH excluding ortho intramolecular Hbond substituents is 1. The summed E-state index contributed by atoms with van der Waals surface area (Å²) in [5.74, 6) is -1.09. The molecule has 0 spiro atoms. The first kappa shape index (κ1) is 14.1. The Bertz CT molecular complexity index is 696. The molecule has 0 aliphatic carbocycles. The van der Waals surface area contributed by atoms with E-state index in [2.05, 4.69) is 20.6 Å². The maximum atomic E-state index is 11.5. The lowest BCUT2D eigenvalue weighted by Gasteiger charge is -1.98. The molecule has 0 radical (unpaired) electrons. The number of nitrogens with one attached hydrogen (secondary N) is 1. The number of amides is 1. The van der Waals surface area contributed by atoms with Gasteiger partial charge in [0.05, 0.1) is 6.21 Å². The average Bonchev–Trinajstić information content (AvgIpc) is 2.89. The predicted molar refractivity (Wildman–Crippen MR) is 70.5 cm³/mol. The number of nitrogens with zero attached hydrogens (tertiary/aromatic N) is 5. The van der Waals surface area contributed by atoms with Crippen molar-refractivity contribution >= 4 is 18.1 Å². The fraction of sp³-hybridized carbons (Fsp3) is 0.0909. The molecular formula is C11H10N6O4. The van der Waals surface area contributed by atoms with Crippen molar-refractivity contribution in [3.8, 4) is 5.75 Å². The first-order chi connectivity index (χ1) is 10.1. The number of carbonyl (C=O) groups excluding carboxylic acids is 1. The molecule has 0 unspecified atom stereocenters. The van der Waals surface area contributed by atoms with Crippen molar-refractivity contribution < 1.29 is 14.8 Å². The zero-order valence-electron chi connectivity index (χ0n) is 10.6. The largest absolute Gasteiger partial charge is 0.507 e. The maximum Gasteiger partial charge on any atom is 0.490 e. The Kier molecular flexibility index (Phi) is 4.19. The Morgan fingerprint density at radius 1 is 1.52 bits per heavy atom. The fourth-order valence-corrected chi connectivity index (χ4v) is 1.40. The van der Waals surface area contributed by atoms with Crippen LogP contribution in [0.4, 0.5) is 5.95 Å². The molecule has 0 aliphatic heterocycles. The molecule has 1 aromatic carbocycles. The van der Waals surface area contributed by atoms with Crippen molar-refractivity contribution in [3.63, 3.8) is 0 Å². The van der Waals surface area contributed by atoms with Crippen LogP contribution in [0, 0.1) is 10.1 Å². The van der Waals surface area contributed by atoms with Gasteiger partial charge in [0.2, 0.25) is 6.33 Å². The second-order valence-electron chi connectivity index (χ2n) is 3.85. The van der Waals surface area contributed by atoms with Gasteiger partial charge in [-0.3, -0.25) is 4.79 Å². The van der Waals surface area contributed by atoms with Crippen LogP contribution >= 0.6 is 0 Å². The van der Waals surface area contributed by atoms with Crippen molar-refractivity contribution in [1.82, 2.24) is 20.2 Å². The van der Waals surface area contributed by atoms with Gasteiger partial charge in [-0.15, -0.1) is 0 Å². The van der Waals surface area contributed by atoms with Crippen LogP contribution in [0.15, 0.2) is 35.7 Å². The van der Waals surface area contributed by atoms with Crippen molar-refractivity contribution in [3.05, 3.63) is 46.3 Å². The molecule has 0 aliphatic rings. The van der Waals surface area contributed by atoms with Crippen molar-refractivity contribution in [2.45, 2.75) is 6.54 Å². The average molecular weight is 290 g/mol. The highest BCUT2D eigenvalue weighted by molar-refractivity contribution is 5.84. The third kappa shape index (κ3) is 3.83. The lowest BCUT2D eigenvalue weighted by Crippen LogP contribution is -2.23. The highest BCUT2D eigenvalue weighted by Gasteiger charge is 2.14.